The molecule has 0 spiro atoms. The van der Waals surface area contributed by atoms with Crippen molar-refractivity contribution in [2.24, 2.45) is 4.99 Å². The van der Waals surface area contributed by atoms with E-state index in [2.05, 4.69) is 0 Å². The van der Waals surface area contributed by atoms with Gasteiger partial charge in [0.25, 0.3) is 0 Å². The van der Waals surface area contributed by atoms with E-state index in [0.717, 1.165) is 5.56 Å². The fraction of sp³-hybridized carbons (Fsp3) is 0.0312. The molecule has 41 heavy (non-hydrogen) atoms. The number of hydrogen-bond acceptors (Lipinski definition) is 4. The Morgan fingerprint density at radius 1 is 0.585 bits per heavy atom. The first kappa shape index (κ1) is 28.4. The molecule has 5 aromatic carbocycles. The van der Waals surface area contributed by atoms with Gasteiger partial charge in [0.15, 0.2) is 0 Å². The van der Waals surface area contributed by atoms with Crippen LogP contribution in [0.4, 0.5) is 18.9 Å². The summed E-state index contributed by atoms with van der Waals surface area (Å²) in [4.78, 5) is 4.71. The molecule has 0 heterocycles. The maximum absolute atomic E-state index is 14.3. The summed E-state index contributed by atoms with van der Waals surface area (Å²) in [6, 6.07) is 40.5. The molecule has 4 nitrogen and oxygen atoms in total. The molecule has 0 radical (unpaired) electrons. The Bertz CT molecular complexity index is 1670. The van der Waals surface area contributed by atoms with Crippen molar-refractivity contribution in [3.8, 4) is 0 Å². The van der Waals surface area contributed by atoms with E-state index in [1.807, 2.05) is 30.3 Å². The fourth-order valence-electron chi connectivity index (χ4n) is 5.03. The van der Waals surface area contributed by atoms with Crippen molar-refractivity contribution in [3.63, 3.8) is 0 Å². The topological polar surface area (TPSA) is 55.7 Å². The minimum absolute atomic E-state index is 0.210. The Morgan fingerprint density at radius 2 is 0.976 bits per heavy atom. The molecule has 0 saturated carbocycles. The monoisotopic (exact) mass is 591 g/mol. The summed E-state index contributed by atoms with van der Waals surface area (Å²) < 4.78 is 75.6. The maximum atomic E-state index is 14.3. The molecule has 0 aliphatic carbocycles. The zero-order valence-electron chi connectivity index (χ0n) is 21.6. The molecule has 0 fully saturated rings. The molecule has 0 atom stereocenters. The van der Waals surface area contributed by atoms with Gasteiger partial charge in [0.2, 0.25) is 0 Å². The molecule has 0 N–H and O–H groups in total. The van der Waals surface area contributed by atoms with E-state index in [1.54, 1.807) is 121 Å². The van der Waals surface area contributed by atoms with Gasteiger partial charge in [0.05, 0.1) is 0 Å². The second-order valence-corrected chi connectivity index (χ2v) is 15.2. The van der Waals surface area contributed by atoms with Crippen LogP contribution in [0.3, 0.4) is 0 Å². The van der Waals surface area contributed by atoms with Gasteiger partial charge in [-0.3, -0.25) is 0 Å². The van der Waals surface area contributed by atoms with Crippen LogP contribution in [0.25, 0.3) is 0 Å². The third kappa shape index (κ3) is 4.88. The van der Waals surface area contributed by atoms with Crippen LogP contribution in [0.5, 0.6) is 0 Å². The van der Waals surface area contributed by atoms with Crippen molar-refractivity contribution in [2.45, 2.75) is 5.51 Å². The summed E-state index contributed by atoms with van der Waals surface area (Å²) in [5, 5.41) is 1.02. The van der Waals surface area contributed by atoms with Crippen LogP contribution in [0.2, 0.25) is 0 Å². The van der Waals surface area contributed by atoms with Gasteiger partial charge in [-0.05, 0) is 0 Å². The average molecular weight is 592 g/mol. The Kier molecular flexibility index (Phi) is 7.66. The molecule has 9 heteroatoms. The van der Waals surface area contributed by atoms with E-state index in [0.29, 0.717) is 0 Å². The van der Waals surface area contributed by atoms with E-state index >= 15 is 0 Å². The normalized spacial score (nSPS) is 13.5. The first-order valence-electron chi connectivity index (χ1n) is 12.6. The third-order valence-corrected chi connectivity index (χ3v) is 14.5. The van der Waals surface area contributed by atoms with Crippen molar-refractivity contribution in [1.82, 2.24) is 0 Å². The number of halogens is 3. The standard InChI is InChI=1S/C32H25F3NO3PS/c33-32(34,35)41(37,38)39-40(27-17-7-2-8-18-27,28-19-9-3-10-20-28,29-21-11-4-12-22-29)31-24-14-13-23-30(31)36-25-26-15-5-1-6-16-26/h1-25H. The van der Waals surface area contributed by atoms with E-state index in [9.17, 15) is 21.6 Å². The third-order valence-electron chi connectivity index (χ3n) is 6.77. The second kappa shape index (κ2) is 11.1. The van der Waals surface area contributed by atoms with E-state index < -0.39 is 22.5 Å². The molecule has 0 aromatic heterocycles. The Morgan fingerprint density at radius 3 is 1.41 bits per heavy atom. The van der Waals surface area contributed by atoms with Gasteiger partial charge in [-0.2, -0.15) is 0 Å². The zero-order valence-corrected chi connectivity index (χ0v) is 23.3. The van der Waals surface area contributed by atoms with Gasteiger partial charge < -0.3 is 0 Å². The molecular weight excluding hydrogens is 566 g/mol. The molecule has 0 amide bonds. The van der Waals surface area contributed by atoms with Crippen LogP contribution in [0.15, 0.2) is 151 Å². The first-order valence-corrected chi connectivity index (χ1v) is 16.2. The Balaban J connectivity index is 2.03. The molecule has 208 valence electrons. The van der Waals surface area contributed by atoms with Crippen LogP contribution in [-0.4, -0.2) is 20.1 Å². The number of hydrogen-bond donors (Lipinski definition) is 0. The summed E-state index contributed by atoms with van der Waals surface area (Å²) >= 11 is 0. The number of nitrogens with zero attached hydrogens (tertiary/aromatic N) is 1. The van der Waals surface area contributed by atoms with Crippen molar-refractivity contribution in [1.29, 1.82) is 0 Å². The molecule has 0 bridgehead atoms. The van der Waals surface area contributed by atoms with Gasteiger partial charge >= 0.3 is 237 Å². The Hall–Kier alpha value is -4.10. The SMILES string of the molecule is O=S(=O)(OP(c1ccccc1)(c1ccccc1)(c1ccccc1)c1ccccc1N=Cc1ccccc1)C(F)(F)F. The number of rotatable bonds is 8. The molecule has 0 saturated heterocycles. The number of benzene rings is 5. The van der Waals surface area contributed by atoms with Gasteiger partial charge in [-0.1, -0.05) is 0 Å². The number of para-hydroxylation sites is 1. The van der Waals surface area contributed by atoms with Gasteiger partial charge in [-0.15, -0.1) is 0 Å². The second-order valence-electron chi connectivity index (χ2n) is 9.17. The van der Waals surface area contributed by atoms with Crippen LogP contribution in [0.1, 0.15) is 5.56 Å². The predicted octanol–water partition coefficient (Wildman–Crippen LogP) is 6.37. The molecule has 5 aromatic rings. The van der Waals surface area contributed by atoms with Gasteiger partial charge in [-0.25, -0.2) is 0 Å². The van der Waals surface area contributed by atoms with Crippen LogP contribution in [0, 0.1) is 0 Å². The summed E-state index contributed by atoms with van der Waals surface area (Å²) in [7, 11) is -6.18. The number of aliphatic imine (C=N–C) groups is 1. The van der Waals surface area contributed by atoms with Crippen LogP contribution >= 0.6 is 6.83 Å². The summed E-state index contributed by atoms with van der Waals surface area (Å²) in [6.45, 7) is -5.24. The quantitative estimate of drug-likeness (QED) is 0.120. The fourth-order valence-corrected chi connectivity index (χ4v) is 13.2. The van der Waals surface area contributed by atoms with Crippen molar-refractivity contribution in [2.75, 3.05) is 0 Å². The van der Waals surface area contributed by atoms with Crippen LogP contribution in [-0.2, 0) is 14.1 Å². The average Bonchev–Trinajstić information content (AvgIpc) is 3.00. The molecular formula is C32H25F3NO3PS. The molecule has 5 rings (SSSR count). The van der Waals surface area contributed by atoms with E-state index in [1.165, 1.54) is 0 Å². The Labute approximate surface area is 236 Å². The van der Waals surface area contributed by atoms with E-state index in [-0.39, 0.29) is 26.9 Å². The van der Waals surface area contributed by atoms with Crippen LogP contribution < -0.4 is 21.2 Å². The molecule has 0 aliphatic rings. The summed E-state index contributed by atoms with van der Waals surface area (Å²) in [5.41, 5.74) is -4.68. The number of alkyl halides is 3. The minimum atomic E-state index is -6.18. The predicted molar refractivity (Wildman–Crippen MR) is 161 cm³/mol. The summed E-state index contributed by atoms with van der Waals surface area (Å²) in [6.07, 6.45) is 1.59. The summed E-state index contributed by atoms with van der Waals surface area (Å²) in [5.74, 6) is 0. The first-order chi connectivity index (χ1) is 19.7. The molecule has 0 unspecified atom stereocenters. The van der Waals surface area contributed by atoms with E-state index in [4.69, 9.17) is 8.96 Å². The van der Waals surface area contributed by atoms with Crippen molar-refractivity contribution < 1.29 is 25.6 Å². The zero-order chi connectivity index (χ0) is 29.0. The van der Waals surface area contributed by atoms with Gasteiger partial charge in [0, 0.05) is 0 Å². The van der Waals surface area contributed by atoms with Crippen molar-refractivity contribution in [3.05, 3.63) is 151 Å². The molecule has 0 aliphatic heterocycles. The van der Waals surface area contributed by atoms with Gasteiger partial charge in [0.1, 0.15) is 0 Å². The van der Waals surface area contributed by atoms with Crippen molar-refractivity contribution >= 4 is 50.1 Å².